The first-order valence-corrected chi connectivity index (χ1v) is 8.38. The number of allylic oxidation sites excluding steroid dienone is 3. The monoisotopic (exact) mass is 379 g/mol. The highest BCUT2D eigenvalue weighted by molar-refractivity contribution is 14.2. The lowest BCUT2D eigenvalue weighted by molar-refractivity contribution is -0.178. The smallest absolute Gasteiger partial charge is 0.318 e. The molecule has 1 rings (SSSR count). The van der Waals surface area contributed by atoms with Gasteiger partial charge in [0.1, 0.15) is 5.92 Å². The maximum atomic E-state index is 12.1. The molecule has 0 saturated heterocycles. The van der Waals surface area contributed by atoms with Gasteiger partial charge < -0.3 is 4.74 Å². The molecule has 6 heteroatoms. The van der Waals surface area contributed by atoms with Crippen LogP contribution in [0.2, 0.25) is 0 Å². The summed E-state index contributed by atoms with van der Waals surface area (Å²) in [5, 5.41) is 1.06. The van der Waals surface area contributed by atoms with Crippen LogP contribution in [0, 0.1) is 5.92 Å². The van der Waals surface area contributed by atoms with Gasteiger partial charge in [0.05, 0.1) is 13.7 Å². The Labute approximate surface area is 122 Å². The average Bonchev–Trinajstić information content (AvgIpc) is 2.44. The Morgan fingerprint density at radius 2 is 2.21 bits per heavy atom. The number of carbonyl (C=O) groups is 2. The Balaban J connectivity index is 2.83. The summed E-state index contributed by atoms with van der Waals surface area (Å²) >= 11 is -0.0112. The Bertz CT molecular complexity index is 428. The zero-order valence-corrected chi connectivity index (χ0v) is 13.4. The van der Waals surface area contributed by atoms with Crippen LogP contribution in [0.15, 0.2) is 21.8 Å². The third kappa shape index (κ3) is 4.87. The van der Waals surface area contributed by atoms with Gasteiger partial charge in [0, 0.05) is 7.05 Å². The van der Waals surface area contributed by atoms with E-state index in [1.165, 1.54) is 14.2 Å². The van der Waals surface area contributed by atoms with Gasteiger partial charge in [-0.2, -0.15) is 0 Å². The highest BCUT2D eigenvalue weighted by Gasteiger charge is 2.31. The highest BCUT2D eigenvalue weighted by Crippen LogP contribution is 2.20. The van der Waals surface area contributed by atoms with Gasteiger partial charge in [-0.3, -0.25) is 14.4 Å². The molecule has 0 aromatic carbocycles. The Hall–Kier alpha value is -1.02. The molecular weight excluding hydrogens is 361 g/mol. The summed E-state index contributed by atoms with van der Waals surface area (Å²) in [4.78, 5) is 28.9. The van der Waals surface area contributed by atoms with Crippen LogP contribution in [-0.4, -0.2) is 41.7 Å². The van der Waals surface area contributed by atoms with Crippen molar-refractivity contribution in [1.29, 1.82) is 0 Å². The summed E-state index contributed by atoms with van der Waals surface area (Å²) in [6.07, 6.45) is 4.28. The first kappa shape index (κ1) is 16.0. The van der Waals surface area contributed by atoms with Crippen molar-refractivity contribution in [1.82, 2.24) is 5.06 Å². The minimum absolute atomic E-state index is 0.0112. The lowest BCUT2D eigenvalue weighted by atomic mass is 9.98. The number of hydrogen-bond donors (Lipinski definition) is 0. The molecule has 1 aliphatic heterocycles. The van der Waals surface area contributed by atoms with Crippen molar-refractivity contribution in [3.63, 3.8) is 0 Å². The topological polar surface area (TPSA) is 55.8 Å². The zero-order valence-electron chi connectivity index (χ0n) is 11.3. The number of esters is 1. The lowest BCUT2D eigenvalue weighted by Gasteiger charge is -2.21. The SMILES string of the molecule is CCOC(=O)C(CC1=CC=IC=C1)C(=O)N(C)OC. The van der Waals surface area contributed by atoms with Crippen LogP contribution in [0.5, 0.6) is 0 Å². The molecule has 1 heterocycles. The number of nitrogens with zero attached hydrogens (tertiary/aromatic N) is 1. The van der Waals surface area contributed by atoms with Gasteiger partial charge in [0.2, 0.25) is 0 Å². The van der Waals surface area contributed by atoms with Crippen LogP contribution in [0.3, 0.4) is 0 Å². The lowest BCUT2D eigenvalue weighted by Crippen LogP contribution is -2.37. The fraction of sp³-hybridized carbons (Fsp3) is 0.462. The first-order chi connectivity index (χ1) is 9.10. The molecule has 1 atom stereocenters. The van der Waals surface area contributed by atoms with Gasteiger partial charge in [-0.05, 0) is 27.0 Å². The fourth-order valence-corrected chi connectivity index (χ4v) is 3.11. The van der Waals surface area contributed by atoms with Crippen LogP contribution in [0.4, 0.5) is 0 Å². The maximum Gasteiger partial charge on any atom is 0.318 e. The first-order valence-electron chi connectivity index (χ1n) is 5.89. The molecule has 0 spiro atoms. The van der Waals surface area contributed by atoms with E-state index in [2.05, 4.69) is 8.09 Å². The Morgan fingerprint density at radius 1 is 1.47 bits per heavy atom. The number of halogens is 1. The van der Waals surface area contributed by atoms with Crippen molar-refractivity contribution in [2.75, 3.05) is 20.8 Å². The van der Waals surface area contributed by atoms with Crippen molar-refractivity contribution >= 4 is 36.6 Å². The number of hydroxylamine groups is 2. The zero-order chi connectivity index (χ0) is 14.3. The molecule has 0 N–H and O–H groups in total. The van der Waals surface area contributed by atoms with Crippen molar-refractivity contribution in [2.45, 2.75) is 13.3 Å². The fourth-order valence-electron chi connectivity index (χ4n) is 1.53. The molecule has 0 bridgehead atoms. The number of carbonyl (C=O) groups excluding carboxylic acids is 2. The van der Waals surface area contributed by atoms with Gasteiger partial charge in [-0.1, -0.05) is 32.9 Å². The predicted molar refractivity (Wildman–Crippen MR) is 81.8 cm³/mol. The average molecular weight is 379 g/mol. The second kappa shape index (κ2) is 8.21. The van der Waals surface area contributed by atoms with Gasteiger partial charge >= 0.3 is 5.97 Å². The quantitative estimate of drug-likeness (QED) is 0.306. The van der Waals surface area contributed by atoms with Crippen LogP contribution < -0.4 is 0 Å². The molecule has 1 amide bonds. The van der Waals surface area contributed by atoms with Crippen molar-refractivity contribution in [3.05, 3.63) is 21.8 Å². The third-order valence-electron chi connectivity index (χ3n) is 2.59. The molecule has 0 saturated carbocycles. The second-order valence-corrected chi connectivity index (χ2v) is 5.97. The van der Waals surface area contributed by atoms with E-state index in [1.807, 2.05) is 12.2 Å². The number of rotatable bonds is 6. The maximum absolute atomic E-state index is 12.1. The van der Waals surface area contributed by atoms with Crippen molar-refractivity contribution < 1.29 is 19.2 Å². The minimum atomic E-state index is -0.856. The minimum Gasteiger partial charge on any atom is -0.465 e. The summed E-state index contributed by atoms with van der Waals surface area (Å²) in [5.74, 6) is -1.76. The molecule has 5 nitrogen and oxygen atoms in total. The highest BCUT2D eigenvalue weighted by atomic mass is 127. The van der Waals surface area contributed by atoms with Gasteiger partial charge in [-0.25, -0.2) is 5.06 Å². The van der Waals surface area contributed by atoms with Crippen LogP contribution in [0.25, 0.3) is 0 Å². The molecule has 0 radical (unpaired) electrons. The Kier molecular flexibility index (Phi) is 6.93. The number of amides is 1. The Morgan fingerprint density at radius 3 is 2.74 bits per heavy atom. The molecule has 0 aromatic rings. The predicted octanol–water partition coefficient (Wildman–Crippen LogP) is 1.80. The normalized spacial score (nSPS) is 15.2. The van der Waals surface area contributed by atoms with Crippen LogP contribution >= 0.6 is 20.7 Å². The van der Waals surface area contributed by atoms with E-state index in [1.54, 1.807) is 6.92 Å². The van der Waals surface area contributed by atoms with E-state index in [0.29, 0.717) is 6.42 Å². The van der Waals surface area contributed by atoms with Crippen LogP contribution in [0.1, 0.15) is 13.3 Å². The summed E-state index contributed by atoms with van der Waals surface area (Å²) < 4.78 is 9.16. The van der Waals surface area contributed by atoms with E-state index in [-0.39, 0.29) is 27.3 Å². The van der Waals surface area contributed by atoms with Crippen molar-refractivity contribution in [2.24, 2.45) is 5.92 Å². The summed E-state index contributed by atoms with van der Waals surface area (Å²) in [5.41, 5.74) is 0.960. The van der Waals surface area contributed by atoms with E-state index in [0.717, 1.165) is 10.6 Å². The summed E-state index contributed by atoms with van der Waals surface area (Å²) in [6, 6.07) is 0. The molecule has 1 unspecified atom stereocenters. The molecule has 19 heavy (non-hydrogen) atoms. The molecule has 0 aliphatic carbocycles. The van der Waals surface area contributed by atoms with E-state index in [9.17, 15) is 9.59 Å². The largest absolute Gasteiger partial charge is 0.465 e. The third-order valence-corrected chi connectivity index (χ3v) is 4.14. The van der Waals surface area contributed by atoms with Gasteiger partial charge in [-0.15, -0.1) is 0 Å². The van der Waals surface area contributed by atoms with E-state index >= 15 is 0 Å². The van der Waals surface area contributed by atoms with E-state index in [4.69, 9.17) is 9.57 Å². The second-order valence-electron chi connectivity index (χ2n) is 3.81. The number of ether oxygens (including phenoxy) is 1. The molecule has 106 valence electrons. The summed E-state index contributed by atoms with van der Waals surface area (Å²) in [6.45, 7) is 1.98. The van der Waals surface area contributed by atoms with Gasteiger partial charge in [0.25, 0.3) is 5.91 Å². The number of hydrogen-bond acceptors (Lipinski definition) is 4. The summed E-state index contributed by atoms with van der Waals surface area (Å²) in [7, 11) is 2.87. The van der Waals surface area contributed by atoms with Crippen molar-refractivity contribution in [3.8, 4) is 0 Å². The van der Waals surface area contributed by atoms with E-state index < -0.39 is 17.8 Å². The molecular formula is C13H18INO4. The van der Waals surface area contributed by atoms with Gasteiger partial charge in [0.15, 0.2) is 0 Å². The molecule has 0 aromatic heterocycles. The van der Waals surface area contributed by atoms with Crippen LogP contribution in [-0.2, 0) is 19.2 Å². The standard InChI is InChI=1S/C13H18INO4/c1-4-19-13(17)11(12(16)15(2)18-3)9-10-5-7-14-8-6-10/h5-8,11H,4,9H2,1-3H3. The molecule has 1 aliphatic rings. The molecule has 0 fully saturated rings.